The van der Waals surface area contributed by atoms with Crippen LogP contribution in [0, 0.1) is 11.3 Å². The molecule has 1 aliphatic carbocycles. The van der Waals surface area contributed by atoms with Crippen molar-refractivity contribution in [2.24, 2.45) is 11.3 Å². The molecule has 1 atom stereocenters. The highest BCUT2D eigenvalue weighted by molar-refractivity contribution is 5.42. The van der Waals surface area contributed by atoms with E-state index in [9.17, 15) is 0 Å². The van der Waals surface area contributed by atoms with Crippen molar-refractivity contribution in [3.05, 3.63) is 29.3 Å². The topological polar surface area (TPSA) is 9.23 Å². The molecule has 1 aromatic carbocycles. The van der Waals surface area contributed by atoms with Gasteiger partial charge in [0.15, 0.2) is 0 Å². The van der Waals surface area contributed by atoms with E-state index in [1.165, 1.54) is 30.4 Å². The molecule has 1 unspecified atom stereocenters. The summed E-state index contributed by atoms with van der Waals surface area (Å²) in [6.45, 7) is 7.05. The summed E-state index contributed by atoms with van der Waals surface area (Å²) in [7, 11) is 1.77. The van der Waals surface area contributed by atoms with Gasteiger partial charge in [-0.1, -0.05) is 32.9 Å². The van der Waals surface area contributed by atoms with E-state index >= 15 is 0 Å². The molecule has 0 aromatic heterocycles. The van der Waals surface area contributed by atoms with E-state index in [0.717, 1.165) is 11.7 Å². The molecule has 0 N–H and O–H groups in total. The molecule has 1 aliphatic rings. The first-order chi connectivity index (χ1) is 7.52. The maximum absolute atomic E-state index is 5.43. The number of ether oxygens (including phenoxy) is 1. The van der Waals surface area contributed by atoms with E-state index in [1.54, 1.807) is 7.11 Å². The van der Waals surface area contributed by atoms with Gasteiger partial charge in [0.1, 0.15) is 5.75 Å². The smallest absolute Gasteiger partial charge is 0.122 e. The van der Waals surface area contributed by atoms with E-state index in [4.69, 9.17) is 4.74 Å². The molecule has 0 spiro atoms. The van der Waals surface area contributed by atoms with Gasteiger partial charge < -0.3 is 4.74 Å². The maximum atomic E-state index is 5.43. The fourth-order valence-corrected chi connectivity index (χ4v) is 2.70. The largest absolute Gasteiger partial charge is 0.496 e. The molecule has 0 aliphatic heterocycles. The van der Waals surface area contributed by atoms with E-state index < -0.39 is 0 Å². The Morgan fingerprint density at radius 3 is 2.62 bits per heavy atom. The van der Waals surface area contributed by atoms with Crippen molar-refractivity contribution in [3.8, 4) is 5.75 Å². The average molecular weight is 218 g/mol. The number of benzene rings is 1. The van der Waals surface area contributed by atoms with E-state index in [-0.39, 0.29) is 0 Å². The second-order valence-corrected chi connectivity index (χ2v) is 5.90. The van der Waals surface area contributed by atoms with Crippen LogP contribution in [0.1, 0.15) is 38.3 Å². The molecule has 0 radical (unpaired) electrons. The van der Waals surface area contributed by atoms with Gasteiger partial charge in [0.25, 0.3) is 0 Å². The monoisotopic (exact) mass is 218 g/mol. The number of rotatable bonds is 1. The molecule has 0 saturated carbocycles. The highest BCUT2D eigenvalue weighted by Gasteiger charge is 2.29. The quantitative estimate of drug-likeness (QED) is 0.695. The lowest BCUT2D eigenvalue weighted by Gasteiger charge is -2.35. The summed E-state index contributed by atoms with van der Waals surface area (Å²) in [5.41, 5.74) is 3.34. The van der Waals surface area contributed by atoms with Crippen LogP contribution in [0.2, 0.25) is 0 Å². The average Bonchev–Trinajstić information content (AvgIpc) is 2.26. The molecule has 0 saturated heterocycles. The first-order valence-electron chi connectivity index (χ1n) is 6.17. The summed E-state index contributed by atoms with van der Waals surface area (Å²) in [5.74, 6) is 1.87. The second-order valence-electron chi connectivity index (χ2n) is 5.90. The Hall–Kier alpha value is -0.980. The van der Waals surface area contributed by atoms with E-state index in [1.807, 2.05) is 0 Å². The molecule has 1 nitrogen and oxygen atoms in total. The number of hydrogen-bond acceptors (Lipinski definition) is 1. The number of methoxy groups -OCH3 is 1. The highest BCUT2D eigenvalue weighted by atomic mass is 16.5. The third kappa shape index (κ3) is 2.09. The zero-order chi connectivity index (χ0) is 11.8. The van der Waals surface area contributed by atoms with E-state index in [2.05, 4.69) is 39.0 Å². The zero-order valence-electron chi connectivity index (χ0n) is 10.8. The molecule has 1 heteroatoms. The fourth-order valence-electron chi connectivity index (χ4n) is 2.70. The summed E-state index contributed by atoms with van der Waals surface area (Å²) in [6.07, 6.45) is 3.66. The molecular weight excluding hydrogens is 196 g/mol. The summed E-state index contributed by atoms with van der Waals surface area (Å²) in [6, 6.07) is 6.45. The van der Waals surface area contributed by atoms with Crippen LogP contribution in [0.25, 0.3) is 0 Å². The van der Waals surface area contributed by atoms with Crippen LogP contribution in [0.15, 0.2) is 18.2 Å². The summed E-state index contributed by atoms with van der Waals surface area (Å²) in [4.78, 5) is 0. The van der Waals surface area contributed by atoms with Crippen molar-refractivity contribution < 1.29 is 4.74 Å². The van der Waals surface area contributed by atoms with Gasteiger partial charge in [0.05, 0.1) is 7.11 Å². The minimum atomic E-state index is 0.417. The number of hydrogen-bond donors (Lipinski definition) is 0. The fraction of sp³-hybridized carbons (Fsp3) is 0.600. The third-order valence-corrected chi connectivity index (χ3v) is 3.88. The molecule has 0 bridgehead atoms. The van der Waals surface area contributed by atoms with Crippen LogP contribution >= 0.6 is 0 Å². The maximum Gasteiger partial charge on any atom is 0.122 e. The zero-order valence-corrected chi connectivity index (χ0v) is 10.8. The van der Waals surface area contributed by atoms with Gasteiger partial charge in [-0.3, -0.25) is 0 Å². The lowest BCUT2D eigenvalue weighted by Crippen LogP contribution is -2.27. The first-order valence-corrected chi connectivity index (χ1v) is 6.17. The molecule has 2 rings (SSSR count). The van der Waals surface area contributed by atoms with Gasteiger partial charge in [-0.05, 0) is 47.8 Å². The van der Waals surface area contributed by atoms with Gasteiger partial charge in [-0.25, -0.2) is 0 Å². The molecule has 0 heterocycles. The van der Waals surface area contributed by atoms with Gasteiger partial charge in [0.2, 0.25) is 0 Å². The van der Waals surface area contributed by atoms with Crippen LogP contribution in [-0.4, -0.2) is 7.11 Å². The summed E-state index contributed by atoms with van der Waals surface area (Å²) in [5, 5.41) is 0. The Kier molecular flexibility index (Phi) is 2.96. The first kappa shape index (κ1) is 11.5. The van der Waals surface area contributed by atoms with Crippen LogP contribution in [-0.2, 0) is 12.8 Å². The van der Waals surface area contributed by atoms with Crippen LogP contribution in [0.4, 0.5) is 0 Å². The van der Waals surface area contributed by atoms with Gasteiger partial charge in [-0.15, -0.1) is 0 Å². The molecular formula is C15H22O. The van der Waals surface area contributed by atoms with Crippen molar-refractivity contribution in [1.29, 1.82) is 0 Å². The second kappa shape index (κ2) is 4.12. The minimum absolute atomic E-state index is 0.417. The predicted octanol–water partition coefficient (Wildman–Crippen LogP) is 3.85. The molecule has 0 fully saturated rings. The standard InChI is InChI=1S/C15H22O/c1-15(2,3)12-8-9-13-11(10-12)6-5-7-14(13)16-4/h5-7,12H,8-10H2,1-4H3. The highest BCUT2D eigenvalue weighted by Crippen LogP contribution is 2.39. The van der Waals surface area contributed by atoms with Crippen molar-refractivity contribution in [1.82, 2.24) is 0 Å². The van der Waals surface area contributed by atoms with Crippen LogP contribution in [0.5, 0.6) is 5.75 Å². The number of fused-ring (bicyclic) bond motifs is 1. The van der Waals surface area contributed by atoms with Crippen LogP contribution < -0.4 is 4.74 Å². The van der Waals surface area contributed by atoms with Gasteiger partial charge in [0, 0.05) is 0 Å². The predicted molar refractivity (Wildman–Crippen MR) is 68.0 cm³/mol. The van der Waals surface area contributed by atoms with Crippen LogP contribution in [0.3, 0.4) is 0 Å². The molecule has 88 valence electrons. The Labute approximate surface area is 98.8 Å². The Morgan fingerprint density at radius 2 is 2.00 bits per heavy atom. The van der Waals surface area contributed by atoms with E-state index in [0.29, 0.717) is 5.41 Å². The van der Waals surface area contributed by atoms with Crippen molar-refractivity contribution in [2.75, 3.05) is 7.11 Å². The van der Waals surface area contributed by atoms with Gasteiger partial charge >= 0.3 is 0 Å². The third-order valence-electron chi connectivity index (χ3n) is 3.88. The van der Waals surface area contributed by atoms with Crippen molar-refractivity contribution in [3.63, 3.8) is 0 Å². The van der Waals surface area contributed by atoms with Gasteiger partial charge in [-0.2, -0.15) is 0 Å². The normalized spacial score (nSPS) is 20.4. The summed E-state index contributed by atoms with van der Waals surface area (Å²) >= 11 is 0. The Bertz CT molecular complexity index is 374. The lowest BCUT2D eigenvalue weighted by molar-refractivity contribution is 0.214. The van der Waals surface area contributed by atoms with Crippen molar-refractivity contribution >= 4 is 0 Å². The summed E-state index contributed by atoms with van der Waals surface area (Å²) < 4.78 is 5.43. The lowest BCUT2D eigenvalue weighted by atomic mass is 9.70. The van der Waals surface area contributed by atoms with Crippen molar-refractivity contribution in [2.45, 2.75) is 40.0 Å². The molecule has 16 heavy (non-hydrogen) atoms. The SMILES string of the molecule is COc1cccc2c1CCC(C(C)(C)C)C2. The minimum Gasteiger partial charge on any atom is -0.496 e. The Morgan fingerprint density at radius 1 is 1.25 bits per heavy atom. The Balaban J connectivity index is 2.28. The molecule has 1 aromatic rings. The molecule has 0 amide bonds.